The molecule has 1 amide bonds. The molecule has 0 saturated heterocycles. The number of benzene rings is 1. The number of halogens is 8. The largest absolute Gasteiger partial charge is 0.460 e. The lowest BCUT2D eigenvalue weighted by Crippen LogP contribution is -2.50. The second-order valence-corrected chi connectivity index (χ2v) is 9.46. The average molecular weight is 558 g/mol. The Labute approximate surface area is 203 Å². The monoisotopic (exact) mass is 558 g/mol. The number of carbonyl (C=O) groups excluding carboxylic acids is 1. The lowest BCUT2D eigenvalue weighted by atomic mass is 10.0. The van der Waals surface area contributed by atoms with E-state index >= 15 is 0 Å². The van der Waals surface area contributed by atoms with E-state index in [9.17, 15) is 50.0 Å². The quantitative estimate of drug-likeness (QED) is 0.200. The molecule has 0 aliphatic rings. The van der Waals surface area contributed by atoms with Gasteiger partial charge in [-0.1, -0.05) is 11.8 Å². The SMILES string of the molecule is Cc1cnc(Sc2ccc([N+](=O)[O-])cc2C(=O)Nc2ncc(C(F)(F)C(F)(F)C(F)(F)F)cc2F)s1. The molecule has 0 radical (unpaired) electrons. The van der Waals surface area contributed by atoms with Crippen molar-refractivity contribution in [3.63, 3.8) is 0 Å². The zero-order chi connectivity index (χ0) is 27.1. The fraction of sp³-hybridized carbons (Fsp3) is 0.211. The van der Waals surface area contributed by atoms with E-state index in [1.807, 2.05) is 5.32 Å². The number of anilines is 1. The summed E-state index contributed by atoms with van der Waals surface area (Å²) in [5.41, 5.74) is -3.00. The minimum Gasteiger partial charge on any atom is -0.304 e. The van der Waals surface area contributed by atoms with Crippen LogP contribution in [-0.4, -0.2) is 32.9 Å². The van der Waals surface area contributed by atoms with E-state index in [1.54, 1.807) is 6.92 Å². The third-order valence-corrected chi connectivity index (χ3v) is 6.47. The van der Waals surface area contributed by atoms with Gasteiger partial charge in [0.25, 0.3) is 11.6 Å². The lowest BCUT2D eigenvalue weighted by Gasteiger charge is -2.28. The Balaban J connectivity index is 1.94. The van der Waals surface area contributed by atoms with Gasteiger partial charge in [0.15, 0.2) is 16.0 Å². The number of pyridine rings is 1. The summed E-state index contributed by atoms with van der Waals surface area (Å²) in [6.07, 6.45) is -5.28. The van der Waals surface area contributed by atoms with Gasteiger partial charge in [-0.05, 0) is 19.1 Å². The van der Waals surface area contributed by atoms with Gasteiger partial charge in [0.2, 0.25) is 0 Å². The van der Waals surface area contributed by atoms with Crippen LogP contribution >= 0.6 is 23.1 Å². The molecule has 2 aromatic heterocycles. The number of aryl methyl sites for hydroxylation is 1. The maximum absolute atomic E-state index is 14.3. The number of nitro benzene ring substituents is 1. The predicted octanol–water partition coefficient (Wildman–Crippen LogP) is 6.59. The molecule has 1 aromatic carbocycles. The van der Waals surface area contributed by atoms with Gasteiger partial charge >= 0.3 is 18.0 Å². The summed E-state index contributed by atoms with van der Waals surface area (Å²) in [5, 5.41) is 13.0. The van der Waals surface area contributed by atoms with Crippen LogP contribution in [0.15, 0.2) is 45.9 Å². The summed E-state index contributed by atoms with van der Waals surface area (Å²) in [6.45, 7) is 1.75. The third-order valence-electron chi connectivity index (χ3n) is 4.40. The molecule has 0 bridgehead atoms. The van der Waals surface area contributed by atoms with Crippen LogP contribution in [0, 0.1) is 22.9 Å². The Morgan fingerprint density at radius 2 is 1.75 bits per heavy atom. The number of rotatable bonds is 7. The molecule has 0 spiro atoms. The molecule has 7 nitrogen and oxygen atoms in total. The van der Waals surface area contributed by atoms with Crippen molar-refractivity contribution in [2.24, 2.45) is 0 Å². The van der Waals surface area contributed by atoms with E-state index in [0.29, 0.717) is 4.34 Å². The van der Waals surface area contributed by atoms with Crippen LogP contribution in [0.4, 0.5) is 46.6 Å². The summed E-state index contributed by atoms with van der Waals surface area (Å²) >= 11 is 2.16. The molecule has 0 aliphatic heterocycles. The predicted molar refractivity (Wildman–Crippen MR) is 111 cm³/mol. The van der Waals surface area contributed by atoms with Crippen molar-refractivity contribution in [1.29, 1.82) is 0 Å². The number of amides is 1. The Morgan fingerprint density at radius 1 is 1.08 bits per heavy atom. The molecule has 0 atom stereocenters. The van der Waals surface area contributed by atoms with Crippen LogP contribution in [0.1, 0.15) is 20.8 Å². The van der Waals surface area contributed by atoms with Gasteiger partial charge in [-0.25, -0.2) is 14.4 Å². The average Bonchev–Trinajstić information content (AvgIpc) is 3.18. The Hall–Kier alpha value is -3.34. The number of nitro groups is 1. The highest BCUT2D eigenvalue weighted by molar-refractivity contribution is 8.01. The summed E-state index contributed by atoms with van der Waals surface area (Å²) in [7, 11) is 0. The highest BCUT2D eigenvalue weighted by Gasteiger charge is 2.73. The standard InChI is InChI=1S/C19H10F8N4O3S2/c1-8-6-29-16(35-8)36-13-3-2-10(31(33)34)5-11(13)15(32)30-14-12(20)4-9(7-28-14)17(21,22)18(23,24)19(25,26)27/h2-7H,1H3,(H,28,30,32). The molecule has 3 aromatic rings. The zero-order valence-electron chi connectivity index (χ0n) is 17.4. The normalized spacial score (nSPS) is 12.5. The number of hydrogen-bond donors (Lipinski definition) is 1. The van der Waals surface area contributed by atoms with Crippen molar-refractivity contribution in [2.45, 2.75) is 34.2 Å². The maximum atomic E-state index is 14.3. The number of nitrogens with zero attached hydrogens (tertiary/aromatic N) is 3. The smallest absolute Gasteiger partial charge is 0.304 e. The number of alkyl halides is 7. The van der Waals surface area contributed by atoms with E-state index in [-0.39, 0.29) is 22.7 Å². The van der Waals surface area contributed by atoms with Crippen molar-refractivity contribution in [2.75, 3.05) is 5.32 Å². The maximum Gasteiger partial charge on any atom is 0.460 e. The summed E-state index contributed by atoms with van der Waals surface area (Å²) in [4.78, 5) is 31.1. The molecular weight excluding hydrogens is 548 g/mol. The van der Waals surface area contributed by atoms with Gasteiger partial charge < -0.3 is 5.32 Å². The molecule has 0 unspecified atom stereocenters. The molecule has 0 aliphatic carbocycles. The van der Waals surface area contributed by atoms with Crippen LogP contribution in [0.3, 0.4) is 0 Å². The first-order valence-electron chi connectivity index (χ1n) is 9.23. The highest BCUT2D eigenvalue weighted by atomic mass is 32.2. The number of non-ortho nitro benzene ring substituents is 1. The second kappa shape index (κ2) is 9.61. The summed E-state index contributed by atoms with van der Waals surface area (Å²) in [6, 6.07) is 2.80. The fourth-order valence-electron chi connectivity index (χ4n) is 2.61. The first kappa shape index (κ1) is 27.3. The van der Waals surface area contributed by atoms with Crippen LogP contribution in [0.25, 0.3) is 0 Å². The van der Waals surface area contributed by atoms with Gasteiger partial charge in [0.05, 0.1) is 10.5 Å². The van der Waals surface area contributed by atoms with Gasteiger partial charge in [-0.3, -0.25) is 14.9 Å². The summed E-state index contributed by atoms with van der Waals surface area (Å²) < 4.78 is 106. The number of thiazole rings is 1. The van der Waals surface area contributed by atoms with Crippen LogP contribution in [-0.2, 0) is 5.92 Å². The molecule has 3 rings (SSSR count). The number of hydrogen-bond acceptors (Lipinski definition) is 7. The van der Waals surface area contributed by atoms with Crippen LogP contribution in [0.5, 0.6) is 0 Å². The zero-order valence-corrected chi connectivity index (χ0v) is 19.0. The van der Waals surface area contributed by atoms with Gasteiger partial charge in [0, 0.05) is 39.9 Å². The van der Waals surface area contributed by atoms with Crippen molar-refractivity contribution < 1.29 is 44.8 Å². The first-order chi connectivity index (χ1) is 16.5. The van der Waals surface area contributed by atoms with Crippen molar-refractivity contribution in [1.82, 2.24) is 9.97 Å². The first-order valence-corrected chi connectivity index (χ1v) is 10.9. The van der Waals surface area contributed by atoms with Crippen LogP contribution in [0.2, 0.25) is 0 Å². The Kier molecular flexibility index (Phi) is 7.27. The fourth-order valence-corrected chi connectivity index (χ4v) is 4.62. The number of aromatic nitrogens is 2. The van der Waals surface area contributed by atoms with Gasteiger partial charge in [-0.15, -0.1) is 11.3 Å². The van der Waals surface area contributed by atoms with Crippen molar-refractivity contribution >= 4 is 40.5 Å². The molecule has 0 fully saturated rings. The van der Waals surface area contributed by atoms with Crippen molar-refractivity contribution in [3.8, 4) is 0 Å². The molecule has 36 heavy (non-hydrogen) atoms. The highest BCUT2D eigenvalue weighted by Crippen LogP contribution is 2.51. The minimum atomic E-state index is -6.65. The Bertz CT molecular complexity index is 1330. The lowest BCUT2D eigenvalue weighted by molar-refractivity contribution is -0.384. The van der Waals surface area contributed by atoms with E-state index in [0.717, 1.165) is 28.8 Å². The van der Waals surface area contributed by atoms with Crippen molar-refractivity contribution in [3.05, 3.63) is 68.6 Å². The van der Waals surface area contributed by atoms with Gasteiger partial charge in [-0.2, -0.15) is 30.7 Å². The molecule has 1 N–H and O–H groups in total. The molecule has 192 valence electrons. The second-order valence-electron chi connectivity index (χ2n) is 6.93. The molecule has 2 heterocycles. The van der Waals surface area contributed by atoms with Crippen LogP contribution < -0.4 is 5.32 Å². The minimum absolute atomic E-state index is 0.126. The van der Waals surface area contributed by atoms with E-state index in [1.165, 1.54) is 23.6 Å². The molecule has 17 heteroatoms. The topological polar surface area (TPSA) is 98.0 Å². The number of carbonyl (C=O) groups is 1. The van der Waals surface area contributed by atoms with E-state index < -0.39 is 51.7 Å². The number of nitrogens with one attached hydrogen (secondary N) is 1. The molecule has 0 saturated carbocycles. The summed E-state index contributed by atoms with van der Waals surface area (Å²) in [5.74, 6) is -16.6. The van der Waals surface area contributed by atoms with Gasteiger partial charge in [0.1, 0.15) is 0 Å². The third kappa shape index (κ3) is 5.25. The Morgan fingerprint density at radius 3 is 2.28 bits per heavy atom. The molecular formula is C19H10F8N4O3S2. The van der Waals surface area contributed by atoms with E-state index in [2.05, 4.69) is 9.97 Å². The van der Waals surface area contributed by atoms with E-state index in [4.69, 9.17) is 0 Å².